The van der Waals surface area contributed by atoms with Crippen molar-refractivity contribution in [2.45, 2.75) is 6.92 Å². The van der Waals surface area contributed by atoms with Gasteiger partial charge in [-0.3, -0.25) is 4.57 Å². The first-order valence-corrected chi connectivity index (χ1v) is 9.64. The molecule has 3 aromatic rings. The van der Waals surface area contributed by atoms with E-state index >= 15 is 0 Å². The molecule has 2 heterocycles. The van der Waals surface area contributed by atoms with Crippen LogP contribution in [0.25, 0.3) is 16.7 Å². The lowest BCUT2D eigenvalue weighted by atomic mass is 10.1. The molecule has 1 aliphatic rings. The van der Waals surface area contributed by atoms with Crippen LogP contribution in [0.4, 0.5) is 5.69 Å². The van der Waals surface area contributed by atoms with Crippen LogP contribution in [0.3, 0.4) is 0 Å². The van der Waals surface area contributed by atoms with Gasteiger partial charge < -0.3 is 14.4 Å². The Morgan fingerprint density at radius 3 is 2.26 bits per heavy atom. The fraction of sp³-hybridized carbons (Fsp3) is 0.125. The third kappa shape index (κ3) is 3.61. The molecular weight excluding hydrogens is 394 g/mol. The minimum Gasteiger partial charge on any atom is -0.465 e. The standard InChI is InChI=1S/C24H21N3O4/c1-16-25-20-9-4-5-10-21(20)27(16)18-13-11-17(12-14-18)26-15-7-6-8-19(23(28)30-2)22(26)24(29)31-3/h4-15H,1-3H3. The second kappa shape index (κ2) is 8.31. The Labute approximate surface area is 179 Å². The Bertz CT molecular complexity index is 1250. The van der Waals surface area contributed by atoms with Gasteiger partial charge in [-0.1, -0.05) is 18.2 Å². The number of ether oxygens (including phenoxy) is 2. The second-order valence-corrected chi connectivity index (χ2v) is 6.82. The number of carbonyl (C=O) groups is 2. The molecule has 7 nitrogen and oxygen atoms in total. The van der Waals surface area contributed by atoms with Gasteiger partial charge in [0.05, 0.1) is 30.8 Å². The number of imidazole rings is 1. The van der Waals surface area contributed by atoms with Crippen molar-refractivity contribution in [3.8, 4) is 5.69 Å². The van der Waals surface area contributed by atoms with Crippen LogP contribution in [-0.2, 0) is 19.1 Å². The van der Waals surface area contributed by atoms with Crippen molar-refractivity contribution in [1.82, 2.24) is 9.55 Å². The van der Waals surface area contributed by atoms with Gasteiger partial charge in [-0.25, -0.2) is 14.6 Å². The van der Waals surface area contributed by atoms with E-state index in [9.17, 15) is 9.59 Å². The van der Waals surface area contributed by atoms with E-state index in [0.717, 1.165) is 22.5 Å². The van der Waals surface area contributed by atoms with E-state index in [0.29, 0.717) is 5.69 Å². The van der Waals surface area contributed by atoms with Crippen LogP contribution in [0.15, 0.2) is 84.2 Å². The molecule has 0 atom stereocenters. The highest BCUT2D eigenvalue weighted by molar-refractivity contribution is 6.05. The summed E-state index contributed by atoms with van der Waals surface area (Å²) in [5, 5.41) is 0. The molecule has 0 aliphatic carbocycles. The van der Waals surface area contributed by atoms with Crippen LogP contribution in [0, 0.1) is 6.92 Å². The van der Waals surface area contributed by atoms with E-state index in [2.05, 4.69) is 9.55 Å². The Kier molecular flexibility index (Phi) is 5.41. The predicted molar refractivity (Wildman–Crippen MR) is 118 cm³/mol. The number of aromatic nitrogens is 2. The first-order valence-electron chi connectivity index (χ1n) is 9.64. The zero-order valence-corrected chi connectivity index (χ0v) is 17.4. The lowest BCUT2D eigenvalue weighted by Gasteiger charge is -2.23. The van der Waals surface area contributed by atoms with Crippen molar-refractivity contribution in [1.29, 1.82) is 0 Å². The number of esters is 2. The van der Waals surface area contributed by atoms with E-state index < -0.39 is 11.9 Å². The number of nitrogens with zero attached hydrogens (tertiary/aromatic N) is 3. The molecule has 0 unspecified atom stereocenters. The molecule has 0 spiro atoms. The lowest BCUT2D eigenvalue weighted by Crippen LogP contribution is -2.26. The van der Waals surface area contributed by atoms with Crippen LogP contribution in [0.1, 0.15) is 5.82 Å². The average Bonchev–Trinajstić information content (AvgIpc) is 2.98. The van der Waals surface area contributed by atoms with E-state index in [1.807, 2.05) is 55.5 Å². The molecule has 2 aromatic carbocycles. The molecule has 0 radical (unpaired) electrons. The van der Waals surface area contributed by atoms with Gasteiger partial charge in [0, 0.05) is 17.6 Å². The van der Waals surface area contributed by atoms with Crippen molar-refractivity contribution in [3.63, 3.8) is 0 Å². The summed E-state index contributed by atoms with van der Waals surface area (Å²) in [7, 11) is 2.55. The van der Waals surface area contributed by atoms with Crippen LogP contribution in [-0.4, -0.2) is 35.7 Å². The maximum Gasteiger partial charge on any atom is 0.355 e. The SMILES string of the molecule is COC(=O)C1=C(C(=O)OC)N(c2ccc(-n3c(C)nc4ccccc43)cc2)C=CC=C1. The third-order valence-corrected chi connectivity index (χ3v) is 5.00. The van der Waals surface area contributed by atoms with Gasteiger partial charge in [0.15, 0.2) is 0 Å². The summed E-state index contributed by atoms with van der Waals surface area (Å²) in [5.74, 6) is -0.393. The van der Waals surface area contributed by atoms with Gasteiger partial charge in [-0.2, -0.15) is 0 Å². The number of hydrogen-bond donors (Lipinski definition) is 0. The minimum atomic E-state index is -0.642. The third-order valence-electron chi connectivity index (χ3n) is 5.00. The molecular formula is C24H21N3O4. The van der Waals surface area contributed by atoms with Gasteiger partial charge >= 0.3 is 11.9 Å². The van der Waals surface area contributed by atoms with E-state index in [-0.39, 0.29) is 11.3 Å². The molecule has 0 saturated heterocycles. The second-order valence-electron chi connectivity index (χ2n) is 6.82. The molecule has 1 aromatic heterocycles. The lowest BCUT2D eigenvalue weighted by molar-refractivity contribution is -0.139. The molecule has 31 heavy (non-hydrogen) atoms. The van der Waals surface area contributed by atoms with Crippen LogP contribution >= 0.6 is 0 Å². The summed E-state index contributed by atoms with van der Waals surface area (Å²) < 4.78 is 11.9. The monoisotopic (exact) mass is 415 g/mol. The predicted octanol–water partition coefficient (Wildman–Crippen LogP) is 3.82. The number of fused-ring (bicyclic) bond motifs is 1. The Morgan fingerprint density at radius 2 is 1.55 bits per heavy atom. The average molecular weight is 415 g/mol. The first-order chi connectivity index (χ1) is 15.0. The largest absolute Gasteiger partial charge is 0.465 e. The Balaban J connectivity index is 1.79. The maximum absolute atomic E-state index is 12.6. The summed E-state index contributed by atoms with van der Waals surface area (Å²) in [5.41, 5.74) is 3.74. The Hall–Kier alpha value is -4.13. The summed E-state index contributed by atoms with van der Waals surface area (Å²) in [6, 6.07) is 15.6. The molecule has 7 heteroatoms. The highest BCUT2D eigenvalue weighted by atomic mass is 16.5. The van der Waals surface area contributed by atoms with E-state index in [1.165, 1.54) is 20.3 Å². The quantitative estimate of drug-likeness (QED) is 0.603. The summed E-state index contributed by atoms with van der Waals surface area (Å²) in [4.78, 5) is 31.1. The van der Waals surface area contributed by atoms with E-state index in [4.69, 9.17) is 9.47 Å². The minimum absolute atomic E-state index is 0.0800. The smallest absolute Gasteiger partial charge is 0.355 e. The van der Waals surface area contributed by atoms with Crippen molar-refractivity contribution in [3.05, 3.63) is 90.1 Å². The molecule has 0 bridgehead atoms. The highest BCUT2D eigenvalue weighted by Crippen LogP contribution is 2.28. The van der Waals surface area contributed by atoms with Crippen LogP contribution in [0.5, 0.6) is 0 Å². The van der Waals surface area contributed by atoms with Crippen molar-refractivity contribution in [2.24, 2.45) is 0 Å². The normalized spacial score (nSPS) is 13.5. The topological polar surface area (TPSA) is 73.7 Å². The summed E-state index contributed by atoms with van der Waals surface area (Å²) in [6.45, 7) is 1.96. The molecule has 1 aliphatic heterocycles. The number of allylic oxidation sites excluding steroid dienone is 2. The van der Waals surface area contributed by atoms with Crippen molar-refractivity contribution >= 4 is 28.7 Å². The van der Waals surface area contributed by atoms with Crippen molar-refractivity contribution < 1.29 is 19.1 Å². The summed E-state index contributed by atoms with van der Waals surface area (Å²) >= 11 is 0. The Morgan fingerprint density at radius 1 is 0.871 bits per heavy atom. The van der Waals surface area contributed by atoms with Gasteiger partial charge in [-0.05, 0) is 55.5 Å². The van der Waals surface area contributed by atoms with Crippen LogP contribution in [0.2, 0.25) is 0 Å². The molecule has 0 amide bonds. The number of hydrogen-bond acceptors (Lipinski definition) is 6. The zero-order valence-electron chi connectivity index (χ0n) is 17.4. The number of carbonyl (C=O) groups excluding carboxylic acids is 2. The van der Waals surface area contributed by atoms with Gasteiger partial charge in [0.2, 0.25) is 0 Å². The van der Waals surface area contributed by atoms with Gasteiger partial charge in [-0.15, -0.1) is 0 Å². The first kappa shape index (κ1) is 20.2. The molecule has 156 valence electrons. The van der Waals surface area contributed by atoms with Gasteiger partial charge in [0.25, 0.3) is 0 Å². The number of para-hydroxylation sites is 2. The number of rotatable bonds is 4. The fourth-order valence-corrected chi connectivity index (χ4v) is 3.60. The maximum atomic E-state index is 12.6. The summed E-state index contributed by atoms with van der Waals surface area (Å²) in [6.07, 6.45) is 6.64. The number of benzene rings is 2. The number of aryl methyl sites for hydroxylation is 1. The molecule has 0 saturated carbocycles. The number of methoxy groups -OCH3 is 2. The van der Waals surface area contributed by atoms with Crippen LogP contribution < -0.4 is 4.90 Å². The zero-order chi connectivity index (χ0) is 22.0. The molecule has 0 N–H and O–H groups in total. The van der Waals surface area contributed by atoms with Gasteiger partial charge in [0.1, 0.15) is 11.5 Å². The molecule has 0 fully saturated rings. The van der Waals surface area contributed by atoms with E-state index in [1.54, 1.807) is 23.3 Å². The highest BCUT2D eigenvalue weighted by Gasteiger charge is 2.27. The number of anilines is 1. The molecule has 4 rings (SSSR count). The van der Waals surface area contributed by atoms with Crippen molar-refractivity contribution in [2.75, 3.05) is 19.1 Å². The fourth-order valence-electron chi connectivity index (χ4n) is 3.60.